The van der Waals surface area contributed by atoms with Crippen LogP contribution in [0, 0.1) is 0 Å². The predicted octanol–water partition coefficient (Wildman–Crippen LogP) is 2.43. The van der Waals surface area contributed by atoms with Crippen molar-refractivity contribution in [2.24, 2.45) is 0 Å². The van der Waals surface area contributed by atoms with E-state index < -0.39 is 15.9 Å². The number of carbonyl (C=O) groups excluding carboxylic acids is 1. The van der Waals surface area contributed by atoms with E-state index in [1.165, 1.54) is 19.2 Å². The fourth-order valence-electron chi connectivity index (χ4n) is 2.44. The number of carbonyl (C=O) groups is 1. The summed E-state index contributed by atoms with van der Waals surface area (Å²) < 4.78 is 25.9. The molecule has 2 N–H and O–H groups in total. The molecule has 0 bridgehead atoms. The lowest BCUT2D eigenvalue weighted by atomic mass is 10.2. The molecule has 0 saturated carbocycles. The summed E-state index contributed by atoms with van der Waals surface area (Å²) in [6, 6.07) is 15.4. The van der Waals surface area contributed by atoms with Gasteiger partial charge >= 0.3 is 0 Å². The van der Waals surface area contributed by atoms with E-state index in [2.05, 4.69) is 10.3 Å². The number of rotatable bonds is 5. The monoisotopic (exact) mass is 343 g/mol. The molecule has 0 fully saturated rings. The molecule has 24 heavy (non-hydrogen) atoms. The summed E-state index contributed by atoms with van der Waals surface area (Å²) in [5, 5.41) is 3.63. The van der Waals surface area contributed by atoms with Crippen LogP contribution < -0.4 is 5.32 Å². The van der Waals surface area contributed by atoms with Gasteiger partial charge in [0.15, 0.2) is 0 Å². The Morgan fingerprint density at radius 3 is 2.58 bits per heavy atom. The van der Waals surface area contributed by atoms with E-state index in [0.717, 1.165) is 15.2 Å². The molecule has 1 aromatic heterocycles. The number of nitrogens with zero attached hydrogens (tertiary/aromatic N) is 1. The highest BCUT2D eigenvalue weighted by molar-refractivity contribution is 7.89. The van der Waals surface area contributed by atoms with Crippen LogP contribution in [0.5, 0.6) is 0 Å². The van der Waals surface area contributed by atoms with Gasteiger partial charge in [0.25, 0.3) is 0 Å². The van der Waals surface area contributed by atoms with Crippen LogP contribution in [0.15, 0.2) is 65.7 Å². The number of anilines is 1. The van der Waals surface area contributed by atoms with Crippen LogP contribution in [-0.4, -0.2) is 37.2 Å². The first-order valence-corrected chi connectivity index (χ1v) is 8.80. The van der Waals surface area contributed by atoms with Crippen molar-refractivity contribution >= 4 is 32.5 Å². The van der Waals surface area contributed by atoms with Crippen LogP contribution in [0.2, 0.25) is 0 Å². The molecule has 0 unspecified atom stereocenters. The molecule has 6 nitrogen and oxygen atoms in total. The van der Waals surface area contributed by atoms with Gasteiger partial charge in [0.05, 0.1) is 17.1 Å². The van der Waals surface area contributed by atoms with Crippen LogP contribution in [0.4, 0.5) is 5.69 Å². The van der Waals surface area contributed by atoms with Gasteiger partial charge in [-0.05, 0) is 30.3 Å². The van der Waals surface area contributed by atoms with E-state index in [9.17, 15) is 13.2 Å². The van der Waals surface area contributed by atoms with Gasteiger partial charge in [-0.2, -0.15) is 4.31 Å². The first-order chi connectivity index (χ1) is 11.5. The summed E-state index contributed by atoms with van der Waals surface area (Å²) in [6.45, 7) is -0.266. The molecule has 3 aromatic rings. The number of likely N-dealkylation sites (N-methyl/N-ethyl adjacent to an activating group) is 1. The highest BCUT2D eigenvalue weighted by Gasteiger charge is 2.22. The van der Waals surface area contributed by atoms with Crippen molar-refractivity contribution < 1.29 is 13.2 Å². The smallest absolute Gasteiger partial charge is 0.243 e. The minimum Gasteiger partial charge on any atom is -0.361 e. The first kappa shape index (κ1) is 16.2. The summed E-state index contributed by atoms with van der Waals surface area (Å²) in [5.41, 5.74) is 1.54. The quantitative estimate of drug-likeness (QED) is 0.746. The Morgan fingerprint density at radius 2 is 1.83 bits per heavy atom. The Hall–Kier alpha value is -2.64. The summed E-state index contributed by atoms with van der Waals surface area (Å²) in [6.07, 6.45) is 1.78. The molecule has 3 rings (SSSR count). The van der Waals surface area contributed by atoms with Gasteiger partial charge < -0.3 is 10.3 Å². The molecular weight excluding hydrogens is 326 g/mol. The van der Waals surface area contributed by atoms with Gasteiger partial charge in [0.2, 0.25) is 15.9 Å². The molecule has 0 spiro atoms. The van der Waals surface area contributed by atoms with E-state index in [0.29, 0.717) is 5.69 Å². The summed E-state index contributed by atoms with van der Waals surface area (Å²) >= 11 is 0. The number of nitrogens with one attached hydrogen (secondary N) is 2. The third-order valence-electron chi connectivity index (χ3n) is 3.69. The highest BCUT2D eigenvalue weighted by Crippen LogP contribution is 2.22. The molecule has 0 atom stereocenters. The molecule has 124 valence electrons. The lowest BCUT2D eigenvalue weighted by Crippen LogP contribution is -2.34. The van der Waals surface area contributed by atoms with Crippen LogP contribution in [0.25, 0.3) is 10.9 Å². The van der Waals surface area contributed by atoms with Crippen molar-refractivity contribution in [2.75, 3.05) is 18.9 Å². The van der Waals surface area contributed by atoms with Crippen LogP contribution in [-0.2, 0) is 14.8 Å². The Balaban J connectivity index is 1.74. The van der Waals surface area contributed by atoms with E-state index in [4.69, 9.17) is 0 Å². The normalized spacial score (nSPS) is 11.8. The molecule has 0 saturated heterocycles. The zero-order valence-electron chi connectivity index (χ0n) is 13.1. The molecule has 1 amide bonds. The van der Waals surface area contributed by atoms with Gasteiger partial charge in [-0.1, -0.05) is 24.3 Å². The van der Waals surface area contributed by atoms with Crippen molar-refractivity contribution in [3.8, 4) is 0 Å². The number of H-pyrrole nitrogens is 1. The average molecular weight is 343 g/mol. The molecular formula is C17H17N3O3S. The van der Waals surface area contributed by atoms with E-state index >= 15 is 0 Å². The molecule has 0 aliphatic rings. The van der Waals surface area contributed by atoms with Crippen LogP contribution >= 0.6 is 0 Å². The Labute approximate surface area is 140 Å². The topological polar surface area (TPSA) is 82.3 Å². The number of aromatic nitrogens is 1. The van der Waals surface area contributed by atoms with Crippen LogP contribution in [0.3, 0.4) is 0 Å². The summed E-state index contributed by atoms with van der Waals surface area (Å²) in [5.74, 6) is -0.397. The van der Waals surface area contributed by atoms with Gasteiger partial charge in [-0.15, -0.1) is 0 Å². The van der Waals surface area contributed by atoms with Gasteiger partial charge in [0.1, 0.15) is 0 Å². The average Bonchev–Trinajstić information content (AvgIpc) is 3.05. The second kappa shape index (κ2) is 6.46. The number of fused-ring (bicyclic) bond motifs is 1. The number of benzene rings is 2. The van der Waals surface area contributed by atoms with Gasteiger partial charge in [0, 0.05) is 24.1 Å². The maximum absolute atomic E-state index is 12.4. The fraction of sp³-hybridized carbons (Fsp3) is 0.118. The highest BCUT2D eigenvalue weighted by atomic mass is 32.2. The SMILES string of the molecule is CN(CC(=O)Nc1cccc2[nH]ccc12)S(=O)(=O)c1ccccc1. The minimum atomic E-state index is -3.69. The standard InChI is InChI=1S/C17H17N3O3S/c1-20(24(22,23)13-6-3-2-4-7-13)12-17(21)19-16-9-5-8-15-14(16)10-11-18-15/h2-11,18H,12H2,1H3,(H,19,21). The minimum absolute atomic E-state index is 0.160. The van der Waals surface area contributed by atoms with Gasteiger partial charge in [-0.3, -0.25) is 4.79 Å². The molecule has 0 aliphatic carbocycles. The Bertz CT molecular complexity index is 965. The number of hydrogen-bond donors (Lipinski definition) is 2. The Morgan fingerprint density at radius 1 is 1.08 bits per heavy atom. The molecule has 0 radical (unpaired) electrons. The van der Waals surface area contributed by atoms with Crippen LogP contribution in [0.1, 0.15) is 0 Å². The number of sulfonamides is 1. The maximum Gasteiger partial charge on any atom is 0.243 e. The van der Waals surface area contributed by atoms with Crippen molar-refractivity contribution in [1.82, 2.24) is 9.29 Å². The van der Waals surface area contributed by atoms with Crippen molar-refractivity contribution in [3.05, 3.63) is 60.8 Å². The predicted molar refractivity (Wildman–Crippen MR) is 93.2 cm³/mol. The third-order valence-corrected chi connectivity index (χ3v) is 5.50. The largest absolute Gasteiger partial charge is 0.361 e. The summed E-state index contributed by atoms with van der Waals surface area (Å²) in [7, 11) is -2.30. The number of amides is 1. The maximum atomic E-state index is 12.4. The number of hydrogen-bond acceptors (Lipinski definition) is 3. The fourth-order valence-corrected chi connectivity index (χ4v) is 3.59. The van der Waals surface area contributed by atoms with Gasteiger partial charge in [-0.25, -0.2) is 8.42 Å². The van der Waals surface area contributed by atoms with E-state index in [1.54, 1.807) is 30.5 Å². The zero-order chi connectivity index (χ0) is 17.2. The molecule has 7 heteroatoms. The summed E-state index contributed by atoms with van der Waals surface area (Å²) in [4.78, 5) is 15.5. The Kier molecular flexibility index (Phi) is 4.37. The second-order valence-electron chi connectivity index (χ2n) is 5.37. The van der Waals surface area contributed by atoms with Crippen molar-refractivity contribution in [3.63, 3.8) is 0 Å². The molecule has 0 aliphatic heterocycles. The lowest BCUT2D eigenvalue weighted by Gasteiger charge is -2.17. The number of aromatic amines is 1. The molecule has 1 heterocycles. The van der Waals surface area contributed by atoms with E-state index in [-0.39, 0.29) is 11.4 Å². The van der Waals surface area contributed by atoms with E-state index in [1.807, 2.05) is 18.2 Å². The lowest BCUT2D eigenvalue weighted by molar-refractivity contribution is -0.116. The molecule has 2 aromatic carbocycles. The first-order valence-electron chi connectivity index (χ1n) is 7.36. The van der Waals surface area contributed by atoms with Crippen molar-refractivity contribution in [1.29, 1.82) is 0 Å². The zero-order valence-corrected chi connectivity index (χ0v) is 13.9. The second-order valence-corrected chi connectivity index (χ2v) is 7.41. The third kappa shape index (κ3) is 3.17. The van der Waals surface area contributed by atoms with Crippen molar-refractivity contribution in [2.45, 2.75) is 4.90 Å².